The maximum Gasteiger partial charge on any atom is 0.246 e. The van der Waals surface area contributed by atoms with E-state index in [0.29, 0.717) is 25.9 Å². The summed E-state index contributed by atoms with van der Waals surface area (Å²) in [7, 11) is 0. The molecule has 178 valence electrons. The maximum absolute atomic E-state index is 13.9. The van der Waals surface area contributed by atoms with Crippen molar-refractivity contribution >= 4 is 29.5 Å². The number of nitrogens with one attached hydrogen (secondary N) is 2. The van der Waals surface area contributed by atoms with Gasteiger partial charge < -0.3 is 20.3 Å². The van der Waals surface area contributed by atoms with E-state index in [9.17, 15) is 14.4 Å². The van der Waals surface area contributed by atoms with E-state index in [1.165, 1.54) is 0 Å². The third-order valence-electron chi connectivity index (χ3n) is 7.80. The van der Waals surface area contributed by atoms with Crippen molar-refractivity contribution in [2.75, 3.05) is 12.4 Å². The molecule has 3 heterocycles. The Morgan fingerprint density at radius 2 is 1.94 bits per heavy atom. The van der Waals surface area contributed by atoms with Crippen LogP contribution in [-0.4, -0.2) is 52.4 Å². The van der Waals surface area contributed by atoms with Crippen molar-refractivity contribution in [3.05, 3.63) is 29.8 Å². The van der Waals surface area contributed by atoms with Gasteiger partial charge in [0.05, 0.1) is 18.0 Å². The average molecular weight is 472 g/mol. The molecule has 5 rings (SSSR count). The van der Waals surface area contributed by atoms with Crippen LogP contribution in [-0.2, 0) is 14.4 Å². The molecule has 3 aliphatic heterocycles. The van der Waals surface area contributed by atoms with Crippen LogP contribution in [0.5, 0.6) is 5.75 Å². The predicted molar refractivity (Wildman–Crippen MR) is 127 cm³/mol. The summed E-state index contributed by atoms with van der Waals surface area (Å²) in [5.41, 5.74) is 0.829. The summed E-state index contributed by atoms with van der Waals surface area (Å²) in [5.74, 6) is 1.35. The van der Waals surface area contributed by atoms with E-state index in [1.54, 1.807) is 18.7 Å². The number of carbonyl (C=O) groups excluding carboxylic acids is 3. The van der Waals surface area contributed by atoms with Crippen LogP contribution in [0.1, 0.15) is 69.9 Å². The molecular weight excluding hydrogens is 438 g/mol. The van der Waals surface area contributed by atoms with Crippen LogP contribution < -0.4 is 15.4 Å². The highest BCUT2D eigenvalue weighted by Gasteiger charge is 2.59. The first-order valence-electron chi connectivity index (χ1n) is 12.3. The highest BCUT2D eigenvalue weighted by molar-refractivity contribution is 7.99. The second-order valence-electron chi connectivity index (χ2n) is 9.75. The lowest BCUT2D eigenvalue weighted by atomic mass is 9.78. The zero-order valence-corrected chi connectivity index (χ0v) is 20.0. The molecule has 0 bridgehead atoms. The number of nitrogens with zero attached hydrogens (tertiary/aromatic N) is 1. The van der Waals surface area contributed by atoms with Crippen LogP contribution in [0.15, 0.2) is 24.3 Å². The fraction of sp³-hybridized carbons (Fsp3) is 0.640. The van der Waals surface area contributed by atoms with Gasteiger partial charge in [-0.15, -0.1) is 11.8 Å². The zero-order chi connectivity index (χ0) is 23.0. The number of hydrogen-bond acceptors (Lipinski definition) is 5. The van der Waals surface area contributed by atoms with E-state index in [1.807, 2.05) is 29.2 Å². The van der Waals surface area contributed by atoms with Gasteiger partial charge in [-0.3, -0.25) is 14.4 Å². The van der Waals surface area contributed by atoms with E-state index in [2.05, 4.69) is 10.6 Å². The molecule has 1 aliphatic carbocycles. The summed E-state index contributed by atoms with van der Waals surface area (Å²) >= 11 is 1.77. The number of hydrogen-bond donors (Lipinski definition) is 2. The van der Waals surface area contributed by atoms with Gasteiger partial charge in [-0.25, -0.2) is 0 Å². The Bertz CT molecular complexity index is 932. The Hall–Kier alpha value is -2.22. The Morgan fingerprint density at radius 1 is 1.15 bits per heavy atom. The number of ether oxygens (including phenoxy) is 1. The quantitative estimate of drug-likeness (QED) is 0.704. The minimum atomic E-state index is -0.550. The molecule has 1 aromatic carbocycles. The highest BCUT2D eigenvalue weighted by Crippen LogP contribution is 2.55. The molecule has 1 spiro atoms. The lowest BCUT2D eigenvalue weighted by molar-refractivity contribution is -0.144. The molecule has 33 heavy (non-hydrogen) atoms. The molecule has 7 nitrogen and oxygen atoms in total. The maximum atomic E-state index is 13.9. The van der Waals surface area contributed by atoms with Crippen molar-refractivity contribution in [3.8, 4) is 5.75 Å². The van der Waals surface area contributed by atoms with Crippen molar-refractivity contribution in [3.63, 3.8) is 0 Å². The van der Waals surface area contributed by atoms with Gasteiger partial charge in [-0.2, -0.15) is 0 Å². The van der Waals surface area contributed by atoms with E-state index >= 15 is 0 Å². The Labute approximate surface area is 199 Å². The van der Waals surface area contributed by atoms with Gasteiger partial charge >= 0.3 is 0 Å². The minimum absolute atomic E-state index is 0.00291. The fourth-order valence-electron chi connectivity index (χ4n) is 6.19. The summed E-state index contributed by atoms with van der Waals surface area (Å²) < 4.78 is 5.78. The van der Waals surface area contributed by atoms with Crippen LogP contribution in [0.2, 0.25) is 0 Å². The predicted octanol–water partition coefficient (Wildman–Crippen LogP) is 3.15. The SMILES string of the molecule is CCC(=O)N[C@H]1CCS[C@H]2CC3(CCCC3)[C@@H](C(=O)N[C@@H]3CCOc4ccccc43)N2C1=O. The van der Waals surface area contributed by atoms with Gasteiger partial charge in [0, 0.05) is 23.8 Å². The largest absolute Gasteiger partial charge is 0.493 e. The third kappa shape index (κ3) is 4.11. The number of rotatable bonds is 4. The molecule has 3 amide bonds. The summed E-state index contributed by atoms with van der Waals surface area (Å²) in [4.78, 5) is 41.6. The van der Waals surface area contributed by atoms with Crippen LogP contribution >= 0.6 is 11.8 Å². The molecule has 3 fully saturated rings. The molecule has 2 saturated heterocycles. The second-order valence-corrected chi connectivity index (χ2v) is 11.0. The second kappa shape index (κ2) is 9.20. The highest BCUT2D eigenvalue weighted by atomic mass is 32.2. The number of benzene rings is 1. The van der Waals surface area contributed by atoms with Gasteiger partial charge in [0.1, 0.15) is 17.8 Å². The topological polar surface area (TPSA) is 87.7 Å². The molecule has 1 aromatic rings. The monoisotopic (exact) mass is 471 g/mol. The van der Waals surface area contributed by atoms with Crippen LogP contribution in [0.3, 0.4) is 0 Å². The molecule has 1 saturated carbocycles. The number of carbonyl (C=O) groups is 3. The molecular formula is C25H33N3O4S. The van der Waals surface area contributed by atoms with Gasteiger partial charge in [0.2, 0.25) is 17.7 Å². The van der Waals surface area contributed by atoms with Gasteiger partial charge in [-0.1, -0.05) is 38.0 Å². The fourth-order valence-corrected chi connectivity index (χ4v) is 7.67. The van der Waals surface area contributed by atoms with E-state index in [-0.39, 0.29) is 34.6 Å². The summed E-state index contributed by atoms with van der Waals surface area (Å²) in [6.07, 6.45) is 6.67. The van der Waals surface area contributed by atoms with Crippen LogP contribution in [0.25, 0.3) is 0 Å². The smallest absolute Gasteiger partial charge is 0.246 e. The van der Waals surface area contributed by atoms with E-state index in [4.69, 9.17) is 4.74 Å². The average Bonchev–Trinajstić information content (AvgIpc) is 3.38. The molecule has 8 heteroatoms. The lowest BCUT2D eigenvalue weighted by Crippen LogP contribution is -2.57. The summed E-state index contributed by atoms with van der Waals surface area (Å²) in [6.45, 7) is 2.35. The van der Waals surface area contributed by atoms with Crippen molar-refractivity contribution in [1.82, 2.24) is 15.5 Å². The lowest BCUT2D eigenvalue weighted by Gasteiger charge is -2.37. The molecule has 4 atom stereocenters. The molecule has 0 radical (unpaired) electrons. The van der Waals surface area contributed by atoms with Crippen LogP contribution in [0.4, 0.5) is 0 Å². The molecule has 0 unspecified atom stereocenters. The minimum Gasteiger partial charge on any atom is -0.493 e. The number of amides is 3. The van der Waals surface area contributed by atoms with Crippen molar-refractivity contribution in [1.29, 1.82) is 0 Å². The standard InChI is InChI=1S/C25H33N3O4S/c1-2-20(29)26-18-10-14-33-21-15-25(11-5-6-12-25)22(28(21)24(18)31)23(30)27-17-9-13-32-19-8-4-3-7-16(17)19/h3-4,7-8,17-18,21-22H,2,5-6,9-15H2,1H3,(H,26,29)(H,27,30)/t17-,18+,21+,22-/m1/s1. The number of para-hydroxylation sites is 1. The van der Waals surface area contributed by atoms with Gasteiger partial charge in [0.25, 0.3) is 0 Å². The summed E-state index contributed by atoms with van der Waals surface area (Å²) in [5, 5.41) is 6.21. The van der Waals surface area contributed by atoms with Gasteiger partial charge in [0.15, 0.2) is 0 Å². The Morgan fingerprint density at radius 3 is 2.73 bits per heavy atom. The van der Waals surface area contributed by atoms with Crippen LogP contribution in [0, 0.1) is 5.41 Å². The summed E-state index contributed by atoms with van der Waals surface area (Å²) in [6, 6.07) is 6.69. The molecule has 4 aliphatic rings. The zero-order valence-electron chi connectivity index (χ0n) is 19.2. The number of thioether (sulfide) groups is 1. The first-order valence-corrected chi connectivity index (χ1v) is 13.3. The normalized spacial score (nSPS) is 30.2. The first kappa shape index (κ1) is 22.6. The van der Waals surface area contributed by atoms with Gasteiger partial charge in [-0.05, 0) is 37.5 Å². The van der Waals surface area contributed by atoms with Crippen molar-refractivity contribution in [2.24, 2.45) is 5.41 Å². The van der Waals surface area contributed by atoms with E-state index in [0.717, 1.165) is 49.2 Å². The third-order valence-corrected chi connectivity index (χ3v) is 9.05. The Balaban J connectivity index is 1.44. The first-order chi connectivity index (χ1) is 16.0. The Kier molecular flexibility index (Phi) is 6.29. The van der Waals surface area contributed by atoms with Crippen molar-refractivity contribution < 1.29 is 19.1 Å². The van der Waals surface area contributed by atoms with Crippen molar-refractivity contribution in [2.45, 2.75) is 81.8 Å². The number of fused-ring (bicyclic) bond motifs is 2. The van der Waals surface area contributed by atoms with E-state index < -0.39 is 12.1 Å². The molecule has 2 N–H and O–H groups in total. The molecule has 0 aromatic heterocycles.